The molecule has 1 saturated heterocycles. The van der Waals surface area contributed by atoms with Crippen LogP contribution in [0.5, 0.6) is 0 Å². The summed E-state index contributed by atoms with van der Waals surface area (Å²) in [4.78, 5) is 13.4. The average molecular weight is 255 g/mol. The maximum atomic E-state index is 11.3. The molecule has 1 atom stereocenters. The molecule has 2 N–H and O–H groups in total. The van der Waals surface area contributed by atoms with Crippen molar-refractivity contribution in [2.24, 2.45) is 0 Å². The number of carboxylic acid groups (broad SMARTS) is 1. The topological polar surface area (TPSA) is 60.8 Å². The van der Waals surface area contributed by atoms with Crippen LogP contribution in [0.1, 0.15) is 57.8 Å². The number of β-amino-alcohol motifs (C(OH)–C–C–N with tert-alkyl or cyclic N) is 1. The maximum absolute atomic E-state index is 11.3. The number of rotatable bonds is 3. The molecule has 1 saturated carbocycles. The Labute approximate surface area is 109 Å². The second-order valence-corrected chi connectivity index (χ2v) is 5.96. The number of nitrogens with zero attached hydrogens (tertiary/aromatic N) is 1. The van der Waals surface area contributed by atoms with Crippen LogP contribution in [0.4, 0.5) is 0 Å². The van der Waals surface area contributed by atoms with Gasteiger partial charge in [-0.2, -0.15) is 0 Å². The number of hydrogen-bond acceptors (Lipinski definition) is 3. The third-order valence-electron chi connectivity index (χ3n) is 4.43. The summed E-state index contributed by atoms with van der Waals surface area (Å²) in [5.74, 6) is -0.726. The van der Waals surface area contributed by atoms with Gasteiger partial charge in [-0.1, -0.05) is 32.1 Å². The number of likely N-dealkylation sites (tertiary alicyclic amines) is 1. The fourth-order valence-electron chi connectivity index (χ4n) is 3.38. The van der Waals surface area contributed by atoms with Crippen LogP contribution in [0.25, 0.3) is 0 Å². The Morgan fingerprint density at radius 1 is 1.11 bits per heavy atom. The van der Waals surface area contributed by atoms with Gasteiger partial charge in [0.2, 0.25) is 0 Å². The zero-order valence-electron chi connectivity index (χ0n) is 11.1. The molecule has 0 bridgehead atoms. The van der Waals surface area contributed by atoms with Gasteiger partial charge in [0.05, 0.1) is 5.60 Å². The highest BCUT2D eigenvalue weighted by atomic mass is 16.4. The molecule has 0 aromatic heterocycles. The SMILES string of the molecule is O=C(O)C1CCCCCN1CC1(O)CCCCC1. The summed E-state index contributed by atoms with van der Waals surface area (Å²) in [7, 11) is 0. The molecule has 0 amide bonds. The van der Waals surface area contributed by atoms with Gasteiger partial charge in [0, 0.05) is 6.54 Å². The molecule has 2 fully saturated rings. The van der Waals surface area contributed by atoms with Crippen molar-refractivity contribution in [1.29, 1.82) is 0 Å². The standard InChI is InChI=1S/C14H25NO3/c16-13(17)12-7-3-1-6-10-15(12)11-14(18)8-4-2-5-9-14/h12,18H,1-11H2,(H,16,17). The van der Waals surface area contributed by atoms with E-state index >= 15 is 0 Å². The van der Waals surface area contributed by atoms with Gasteiger partial charge in [0.25, 0.3) is 0 Å². The predicted octanol–water partition coefficient (Wildman–Crippen LogP) is 2.01. The first-order valence-corrected chi connectivity index (χ1v) is 7.30. The molecule has 1 aliphatic carbocycles. The highest BCUT2D eigenvalue weighted by Crippen LogP contribution is 2.30. The molecule has 2 rings (SSSR count). The lowest BCUT2D eigenvalue weighted by atomic mass is 9.84. The van der Waals surface area contributed by atoms with Crippen molar-refractivity contribution < 1.29 is 15.0 Å². The first-order chi connectivity index (χ1) is 8.61. The van der Waals surface area contributed by atoms with Crippen LogP contribution in [0.2, 0.25) is 0 Å². The lowest BCUT2D eigenvalue weighted by Crippen LogP contribution is -2.50. The van der Waals surface area contributed by atoms with Crippen molar-refractivity contribution in [1.82, 2.24) is 4.90 Å². The number of aliphatic carboxylic acids is 1. The minimum Gasteiger partial charge on any atom is -0.480 e. The number of carboxylic acids is 1. The summed E-state index contributed by atoms with van der Waals surface area (Å²) < 4.78 is 0. The van der Waals surface area contributed by atoms with E-state index < -0.39 is 17.6 Å². The normalized spacial score (nSPS) is 29.7. The van der Waals surface area contributed by atoms with Crippen molar-refractivity contribution in [2.75, 3.05) is 13.1 Å². The van der Waals surface area contributed by atoms with E-state index in [1.165, 1.54) is 6.42 Å². The van der Waals surface area contributed by atoms with Crippen LogP contribution in [-0.4, -0.2) is 45.8 Å². The Balaban J connectivity index is 2.01. The third kappa shape index (κ3) is 3.45. The van der Waals surface area contributed by atoms with Crippen molar-refractivity contribution in [3.63, 3.8) is 0 Å². The summed E-state index contributed by atoms with van der Waals surface area (Å²) >= 11 is 0. The van der Waals surface area contributed by atoms with Gasteiger partial charge in [0.15, 0.2) is 0 Å². The highest BCUT2D eigenvalue weighted by Gasteiger charge is 2.36. The Kier molecular flexibility index (Phi) is 4.62. The van der Waals surface area contributed by atoms with Gasteiger partial charge in [0.1, 0.15) is 6.04 Å². The van der Waals surface area contributed by atoms with E-state index in [9.17, 15) is 15.0 Å². The molecule has 2 aliphatic rings. The minimum absolute atomic E-state index is 0.390. The van der Waals surface area contributed by atoms with Crippen LogP contribution in [0.15, 0.2) is 0 Å². The van der Waals surface area contributed by atoms with Gasteiger partial charge in [-0.15, -0.1) is 0 Å². The molecule has 1 unspecified atom stereocenters. The Morgan fingerprint density at radius 3 is 2.44 bits per heavy atom. The van der Waals surface area contributed by atoms with Gasteiger partial charge >= 0.3 is 5.97 Å². The predicted molar refractivity (Wildman–Crippen MR) is 69.5 cm³/mol. The molecular formula is C14H25NO3. The summed E-state index contributed by atoms with van der Waals surface area (Å²) in [6, 6.07) is -0.390. The van der Waals surface area contributed by atoms with Crippen LogP contribution in [0.3, 0.4) is 0 Å². The highest BCUT2D eigenvalue weighted by molar-refractivity contribution is 5.73. The molecule has 104 valence electrons. The molecule has 0 radical (unpaired) electrons. The Hall–Kier alpha value is -0.610. The van der Waals surface area contributed by atoms with Crippen LogP contribution >= 0.6 is 0 Å². The minimum atomic E-state index is -0.726. The Bertz CT molecular complexity index is 287. The van der Waals surface area contributed by atoms with Crippen LogP contribution < -0.4 is 0 Å². The van der Waals surface area contributed by atoms with Gasteiger partial charge < -0.3 is 10.2 Å². The zero-order valence-corrected chi connectivity index (χ0v) is 11.1. The van der Waals surface area contributed by atoms with E-state index in [2.05, 4.69) is 0 Å². The monoisotopic (exact) mass is 255 g/mol. The van der Waals surface area contributed by atoms with Gasteiger partial charge in [-0.05, 0) is 32.2 Å². The first-order valence-electron chi connectivity index (χ1n) is 7.30. The molecule has 0 aromatic carbocycles. The van der Waals surface area contributed by atoms with E-state index in [0.717, 1.165) is 57.9 Å². The largest absolute Gasteiger partial charge is 0.480 e. The summed E-state index contributed by atoms with van der Waals surface area (Å²) in [5.41, 5.74) is -0.643. The fourth-order valence-corrected chi connectivity index (χ4v) is 3.38. The third-order valence-corrected chi connectivity index (χ3v) is 4.43. The number of hydrogen-bond donors (Lipinski definition) is 2. The molecule has 4 heteroatoms. The molecule has 1 heterocycles. The molecule has 0 aromatic rings. The van der Waals surface area contributed by atoms with E-state index in [-0.39, 0.29) is 0 Å². The molecular weight excluding hydrogens is 230 g/mol. The number of carbonyl (C=O) groups is 1. The number of aliphatic hydroxyl groups is 1. The second kappa shape index (κ2) is 6.02. The van der Waals surface area contributed by atoms with Crippen LogP contribution in [0, 0.1) is 0 Å². The van der Waals surface area contributed by atoms with E-state index in [0.29, 0.717) is 6.54 Å². The smallest absolute Gasteiger partial charge is 0.320 e. The van der Waals surface area contributed by atoms with E-state index in [1.807, 2.05) is 4.90 Å². The maximum Gasteiger partial charge on any atom is 0.320 e. The molecule has 4 nitrogen and oxygen atoms in total. The van der Waals surface area contributed by atoms with E-state index in [4.69, 9.17) is 0 Å². The lowest BCUT2D eigenvalue weighted by Gasteiger charge is -2.38. The van der Waals surface area contributed by atoms with E-state index in [1.54, 1.807) is 0 Å². The Morgan fingerprint density at radius 2 is 1.78 bits per heavy atom. The summed E-state index contributed by atoms with van der Waals surface area (Å²) in [6.07, 6.45) is 8.89. The quantitative estimate of drug-likeness (QED) is 0.810. The molecule has 0 spiro atoms. The average Bonchev–Trinajstić information content (AvgIpc) is 2.55. The van der Waals surface area contributed by atoms with Crippen molar-refractivity contribution in [3.05, 3.63) is 0 Å². The molecule has 18 heavy (non-hydrogen) atoms. The van der Waals surface area contributed by atoms with Crippen molar-refractivity contribution in [2.45, 2.75) is 69.4 Å². The summed E-state index contributed by atoms with van der Waals surface area (Å²) in [6.45, 7) is 1.36. The second-order valence-electron chi connectivity index (χ2n) is 5.96. The summed E-state index contributed by atoms with van der Waals surface area (Å²) in [5, 5.41) is 19.9. The lowest BCUT2D eigenvalue weighted by molar-refractivity contribution is -0.145. The zero-order chi connectivity index (χ0) is 13.0. The fraction of sp³-hybridized carbons (Fsp3) is 0.929. The first kappa shape index (κ1) is 13.8. The molecule has 1 aliphatic heterocycles. The van der Waals surface area contributed by atoms with Gasteiger partial charge in [-0.3, -0.25) is 9.69 Å². The van der Waals surface area contributed by atoms with Gasteiger partial charge in [-0.25, -0.2) is 0 Å². The van der Waals surface area contributed by atoms with Crippen molar-refractivity contribution >= 4 is 5.97 Å². The van der Waals surface area contributed by atoms with Crippen LogP contribution in [-0.2, 0) is 4.79 Å². The van der Waals surface area contributed by atoms with Crippen molar-refractivity contribution in [3.8, 4) is 0 Å².